The van der Waals surface area contributed by atoms with Crippen LogP contribution in [0.15, 0.2) is 59.6 Å². The van der Waals surface area contributed by atoms with Crippen molar-refractivity contribution >= 4 is 33.3 Å². The second kappa shape index (κ2) is 8.09. The lowest BCUT2D eigenvalue weighted by molar-refractivity contribution is -0.384. The van der Waals surface area contributed by atoms with Gasteiger partial charge in [0.25, 0.3) is 5.69 Å². The van der Waals surface area contributed by atoms with Crippen LogP contribution in [0.5, 0.6) is 5.75 Å². The summed E-state index contributed by atoms with van der Waals surface area (Å²) in [6, 6.07) is 13.4. The topological polar surface area (TPSA) is 76.2 Å². The van der Waals surface area contributed by atoms with Crippen molar-refractivity contribution in [3.05, 3.63) is 80.8 Å². The molecule has 5 nitrogen and oxygen atoms in total. The van der Waals surface area contributed by atoms with Crippen LogP contribution < -0.4 is 4.74 Å². The number of non-ortho nitro benzene ring substituents is 1. The lowest BCUT2D eigenvalue weighted by Crippen LogP contribution is -1.95. The standard InChI is InChI=1S/C18H13BrN2O3/c1-2-9-24-18-8-5-16(19)11-14(18)10-15(12-20)13-3-6-17(7-4-13)21(22)23/h2-8,10-11H,1,9H2/b15-10-. The zero-order chi connectivity index (χ0) is 17.5. The van der Waals surface area contributed by atoms with Crippen LogP contribution in [0.4, 0.5) is 5.69 Å². The van der Waals surface area contributed by atoms with Crippen molar-refractivity contribution in [2.45, 2.75) is 0 Å². The first-order chi connectivity index (χ1) is 11.5. The summed E-state index contributed by atoms with van der Waals surface area (Å²) in [7, 11) is 0. The Hall–Kier alpha value is -2.91. The Kier molecular flexibility index (Phi) is 5.88. The van der Waals surface area contributed by atoms with Crippen LogP contribution in [-0.4, -0.2) is 11.5 Å². The summed E-state index contributed by atoms with van der Waals surface area (Å²) >= 11 is 3.40. The number of nitriles is 1. The highest BCUT2D eigenvalue weighted by molar-refractivity contribution is 9.10. The van der Waals surface area contributed by atoms with Crippen LogP contribution in [0.25, 0.3) is 11.6 Å². The van der Waals surface area contributed by atoms with Gasteiger partial charge in [0.2, 0.25) is 0 Å². The Morgan fingerprint density at radius 1 is 1.33 bits per heavy atom. The van der Waals surface area contributed by atoms with Gasteiger partial charge in [0.05, 0.1) is 16.6 Å². The van der Waals surface area contributed by atoms with Gasteiger partial charge in [-0.1, -0.05) is 28.6 Å². The quantitative estimate of drug-likeness (QED) is 0.231. The van der Waals surface area contributed by atoms with E-state index in [2.05, 4.69) is 28.6 Å². The average molecular weight is 385 g/mol. The minimum absolute atomic E-state index is 0.0199. The van der Waals surface area contributed by atoms with Crippen LogP contribution >= 0.6 is 15.9 Å². The lowest BCUT2D eigenvalue weighted by Gasteiger charge is -2.08. The highest BCUT2D eigenvalue weighted by Gasteiger charge is 2.09. The van der Waals surface area contributed by atoms with Gasteiger partial charge in [0, 0.05) is 22.2 Å². The first-order valence-corrected chi connectivity index (χ1v) is 7.74. The van der Waals surface area contributed by atoms with Gasteiger partial charge in [0.1, 0.15) is 12.4 Å². The van der Waals surface area contributed by atoms with E-state index in [4.69, 9.17) is 4.74 Å². The number of halogens is 1. The largest absolute Gasteiger partial charge is 0.489 e. The van der Waals surface area contributed by atoms with E-state index < -0.39 is 4.92 Å². The average Bonchev–Trinajstić information content (AvgIpc) is 2.59. The third-order valence-electron chi connectivity index (χ3n) is 3.14. The Morgan fingerprint density at radius 2 is 2.04 bits per heavy atom. The molecule has 0 aliphatic rings. The van der Waals surface area contributed by atoms with Crippen molar-refractivity contribution in [2.75, 3.05) is 6.61 Å². The summed E-state index contributed by atoms with van der Waals surface area (Å²) in [6.45, 7) is 3.96. The molecule has 0 bridgehead atoms. The number of benzene rings is 2. The number of rotatable bonds is 6. The van der Waals surface area contributed by atoms with E-state index in [1.165, 1.54) is 12.1 Å². The van der Waals surface area contributed by atoms with Gasteiger partial charge in [-0.15, -0.1) is 0 Å². The molecule has 0 saturated carbocycles. The van der Waals surface area contributed by atoms with Gasteiger partial charge >= 0.3 is 0 Å². The Bertz CT molecular complexity index is 836. The van der Waals surface area contributed by atoms with Crippen LogP contribution in [0.1, 0.15) is 11.1 Å². The van der Waals surface area contributed by atoms with Crippen molar-refractivity contribution in [1.82, 2.24) is 0 Å². The number of nitro benzene ring substituents is 1. The molecule has 6 heteroatoms. The number of nitrogens with zero attached hydrogens (tertiary/aromatic N) is 2. The maximum atomic E-state index is 10.7. The van der Waals surface area contributed by atoms with Crippen LogP contribution in [0, 0.1) is 21.4 Å². The van der Waals surface area contributed by atoms with E-state index in [1.807, 2.05) is 12.1 Å². The summed E-state index contributed by atoms with van der Waals surface area (Å²) in [5.74, 6) is 0.618. The van der Waals surface area contributed by atoms with Crippen LogP contribution in [-0.2, 0) is 0 Å². The van der Waals surface area contributed by atoms with E-state index in [1.54, 1.807) is 30.4 Å². The van der Waals surface area contributed by atoms with Crippen molar-refractivity contribution < 1.29 is 9.66 Å². The van der Waals surface area contributed by atoms with E-state index >= 15 is 0 Å². The molecule has 24 heavy (non-hydrogen) atoms. The molecule has 2 rings (SSSR count). The fourth-order valence-electron chi connectivity index (χ4n) is 2.01. The van der Waals surface area contributed by atoms with Crippen LogP contribution in [0.2, 0.25) is 0 Å². The van der Waals surface area contributed by atoms with Gasteiger partial charge in [-0.2, -0.15) is 5.26 Å². The fraction of sp³-hybridized carbons (Fsp3) is 0.0556. The third-order valence-corrected chi connectivity index (χ3v) is 3.63. The first kappa shape index (κ1) is 17.4. The maximum absolute atomic E-state index is 10.7. The van der Waals surface area contributed by atoms with Gasteiger partial charge in [-0.05, 0) is 42.0 Å². The van der Waals surface area contributed by atoms with Crippen molar-refractivity contribution in [3.63, 3.8) is 0 Å². The molecule has 0 N–H and O–H groups in total. The zero-order valence-corrected chi connectivity index (χ0v) is 14.2. The second-order valence-electron chi connectivity index (χ2n) is 4.76. The summed E-state index contributed by atoms with van der Waals surface area (Å²) in [5, 5.41) is 20.2. The minimum atomic E-state index is -0.477. The molecule has 0 aliphatic carbocycles. The minimum Gasteiger partial charge on any atom is -0.489 e. The number of hydrogen-bond acceptors (Lipinski definition) is 4. The SMILES string of the molecule is C=CCOc1ccc(Br)cc1/C=C(/C#N)c1ccc([N+](=O)[O-])cc1. The zero-order valence-electron chi connectivity index (χ0n) is 12.6. The molecule has 0 unspecified atom stereocenters. The number of nitro groups is 1. The number of hydrogen-bond donors (Lipinski definition) is 0. The highest BCUT2D eigenvalue weighted by atomic mass is 79.9. The van der Waals surface area contributed by atoms with E-state index in [-0.39, 0.29) is 5.69 Å². The van der Waals surface area contributed by atoms with Crippen molar-refractivity contribution in [2.24, 2.45) is 0 Å². The summed E-state index contributed by atoms with van der Waals surface area (Å²) in [4.78, 5) is 10.2. The van der Waals surface area contributed by atoms with Gasteiger partial charge < -0.3 is 4.74 Å². The third kappa shape index (κ3) is 4.31. The monoisotopic (exact) mass is 384 g/mol. The highest BCUT2D eigenvalue weighted by Crippen LogP contribution is 2.28. The summed E-state index contributed by atoms with van der Waals surface area (Å²) in [5.41, 5.74) is 1.68. The van der Waals surface area contributed by atoms with E-state index in [0.717, 1.165) is 10.0 Å². The van der Waals surface area contributed by atoms with Gasteiger partial charge in [-0.3, -0.25) is 10.1 Å². The van der Waals surface area contributed by atoms with E-state index in [9.17, 15) is 15.4 Å². The summed E-state index contributed by atoms with van der Waals surface area (Å²) < 4.78 is 6.44. The molecule has 0 heterocycles. The molecule has 0 amide bonds. The molecule has 120 valence electrons. The number of ether oxygens (including phenoxy) is 1. The Balaban J connectivity index is 2.43. The molecule has 2 aromatic rings. The van der Waals surface area contributed by atoms with E-state index in [0.29, 0.717) is 23.5 Å². The molecule has 2 aromatic carbocycles. The molecule has 0 saturated heterocycles. The molecule has 0 fully saturated rings. The lowest BCUT2D eigenvalue weighted by atomic mass is 10.0. The van der Waals surface area contributed by atoms with Crippen molar-refractivity contribution in [3.8, 4) is 11.8 Å². The maximum Gasteiger partial charge on any atom is 0.269 e. The summed E-state index contributed by atoms with van der Waals surface area (Å²) in [6.07, 6.45) is 3.32. The molecule has 0 aliphatic heterocycles. The molecule has 0 aromatic heterocycles. The smallest absolute Gasteiger partial charge is 0.269 e. The molecule has 0 radical (unpaired) electrons. The Labute approximate surface area is 147 Å². The predicted octanol–water partition coefficient (Wildman–Crippen LogP) is 4.99. The first-order valence-electron chi connectivity index (χ1n) is 6.95. The second-order valence-corrected chi connectivity index (χ2v) is 5.67. The Morgan fingerprint density at radius 3 is 2.62 bits per heavy atom. The fourth-order valence-corrected chi connectivity index (χ4v) is 2.39. The molecular formula is C18H13BrN2O3. The predicted molar refractivity (Wildman–Crippen MR) is 96.4 cm³/mol. The van der Waals surface area contributed by atoms with Gasteiger partial charge in [-0.25, -0.2) is 0 Å². The van der Waals surface area contributed by atoms with Crippen molar-refractivity contribution in [1.29, 1.82) is 5.26 Å². The van der Waals surface area contributed by atoms with Crippen LogP contribution in [0.3, 0.4) is 0 Å². The van der Waals surface area contributed by atoms with Gasteiger partial charge in [0.15, 0.2) is 0 Å². The number of allylic oxidation sites excluding steroid dienone is 1. The molecule has 0 spiro atoms. The molecule has 0 atom stereocenters. The molecular weight excluding hydrogens is 372 g/mol. The normalized spacial score (nSPS) is 10.8.